The lowest BCUT2D eigenvalue weighted by atomic mass is 10.1. The largest absolute Gasteiger partial charge is 0.314 e. The van der Waals surface area contributed by atoms with Gasteiger partial charge in [0.2, 0.25) is 0 Å². The van der Waals surface area contributed by atoms with E-state index in [1.54, 1.807) is 0 Å². The van der Waals surface area contributed by atoms with Crippen LogP contribution in [-0.2, 0) is 6.42 Å². The van der Waals surface area contributed by atoms with Crippen LogP contribution in [0.25, 0.3) is 0 Å². The van der Waals surface area contributed by atoms with Crippen LogP contribution in [0.3, 0.4) is 0 Å². The summed E-state index contributed by atoms with van der Waals surface area (Å²) in [6, 6.07) is 11.1. The molecule has 1 heteroatoms. The minimum absolute atomic E-state index is 0.534. The van der Waals surface area contributed by atoms with Crippen molar-refractivity contribution in [1.82, 2.24) is 5.32 Å². The van der Waals surface area contributed by atoms with Crippen molar-refractivity contribution in [2.24, 2.45) is 0 Å². The van der Waals surface area contributed by atoms with E-state index >= 15 is 0 Å². The molecule has 1 unspecified atom stereocenters. The Morgan fingerprint density at radius 1 is 1.33 bits per heavy atom. The molecule has 0 aliphatic rings. The molecule has 82 valence electrons. The first kappa shape index (κ1) is 12.0. The molecule has 0 aliphatic heterocycles. The number of nitrogens with one attached hydrogen (secondary N) is 1. The molecular weight excluding hydrogens is 182 g/mol. The van der Waals surface area contributed by atoms with Crippen LogP contribution in [0.1, 0.15) is 25.8 Å². The van der Waals surface area contributed by atoms with Crippen LogP contribution < -0.4 is 5.32 Å². The van der Waals surface area contributed by atoms with E-state index in [1.165, 1.54) is 11.1 Å². The molecule has 1 rings (SSSR count). The Morgan fingerprint density at radius 2 is 2.00 bits per heavy atom. The average Bonchev–Trinajstić information content (AvgIpc) is 2.18. The van der Waals surface area contributed by atoms with E-state index in [0.717, 1.165) is 19.4 Å². The standard InChI is InChI=1S/C14H21N/c1-12(2)9-10-15-13(3)11-14-7-5-4-6-8-14/h4-8,13,15H,1,9-11H2,2-3H3. The Labute approximate surface area is 93.2 Å². The molecule has 0 bridgehead atoms. The minimum atomic E-state index is 0.534. The lowest BCUT2D eigenvalue weighted by Gasteiger charge is -2.13. The van der Waals surface area contributed by atoms with Crippen molar-refractivity contribution in [1.29, 1.82) is 0 Å². The Kier molecular flexibility index (Phi) is 5.13. The number of rotatable bonds is 6. The van der Waals surface area contributed by atoms with Crippen LogP contribution >= 0.6 is 0 Å². The van der Waals surface area contributed by atoms with Crippen molar-refractivity contribution in [2.45, 2.75) is 32.7 Å². The smallest absolute Gasteiger partial charge is 0.00792 e. The summed E-state index contributed by atoms with van der Waals surface area (Å²) in [6.45, 7) is 9.23. The van der Waals surface area contributed by atoms with Crippen molar-refractivity contribution in [3.05, 3.63) is 48.0 Å². The highest BCUT2D eigenvalue weighted by Crippen LogP contribution is 2.03. The molecule has 1 aromatic carbocycles. The quantitative estimate of drug-likeness (QED) is 0.700. The van der Waals surface area contributed by atoms with Gasteiger partial charge in [-0.1, -0.05) is 35.9 Å². The van der Waals surface area contributed by atoms with E-state index in [-0.39, 0.29) is 0 Å². The topological polar surface area (TPSA) is 12.0 Å². The zero-order valence-electron chi connectivity index (χ0n) is 9.79. The lowest BCUT2D eigenvalue weighted by molar-refractivity contribution is 0.548. The summed E-state index contributed by atoms with van der Waals surface area (Å²) < 4.78 is 0. The van der Waals surface area contributed by atoms with Crippen molar-refractivity contribution in [3.63, 3.8) is 0 Å². The molecule has 0 saturated heterocycles. The Hall–Kier alpha value is -1.08. The average molecular weight is 203 g/mol. The second kappa shape index (κ2) is 6.41. The van der Waals surface area contributed by atoms with E-state index in [1.807, 2.05) is 0 Å². The summed E-state index contributed by atoms with van der Waals surface area (Å²) in [4.78, 5) is 0. The van der Waals surface area contributed by atoms with E-state index in [4.69, 9.17) is 0 Å². The predicted octanol–water partition coefficient (Wildman–Crippen LogP) is 3.17. The molecule has 0 aliphatic carbocycles. The highest BCUT2D eigenvalue weighted by Gasteiger charge is 2.01. The zero-order chi connectivity index (χ0) is 11.1. The van der Waals surface area contributed by atoms with Gasteiger partial charge in [-0.2, -0.15) is 0 Å². The van der Waals surface area contributed by atoms with Crippen LogP contribution in [0.4, 0.5) is 0 Å². The third kappa shape index (κ3) is 5.38. The highest BCUT2D eigenvalue weighted by atomic mass is 14.9. The lowest BCUT2D eigenvalue weighted by Crippen LogP contribution is -2.29. The summed E-state index contributed by atoms with van der Waals surface area (Å²) in [5, 5.41) is 3.50. The number of benzene rings is 1. The van der Waals surface area contributed by atoms with Gasteiger partial charge in [0.25, 0.3) is 0 Å². The molecule has 0 heterocycles. The van der Waals surface area contributed by atoms with Crippen LogP contribution in [0.5, 0.6) is 0 Å². The molecule has 0 fully saturated rings. The number of hydrogen-bond acceptors (Lipinski definition) is 1. The van der Waals surface area contributed by atoms with Gasteiger partial charge in [-0.05, 0) is 38.8 Å². The zero-order valence-corrected chi connectivity index (χ0v) is 9.79. The SMILES string of the molecule is C=C(C)CCNC(C)Cc1ccccc1. The molecule has 0 aromatic heterocycles. The molecule has 1 atom stereocenters. The van der Waals surface area contributed by atoms with Gasteiger partial charge in [-0.3, -0.25) is 0 Å². The molecule has 0 amide bonds. The van der Waals surface area contributed by atoms with Crippen LogP contribution in [0.15, 0.2) is 42.5 Å². The Bertz CT molecular complexity index is 289. The van der Waals surface area contributed by atoms with Gasteiger partial charge in [0.1, 0.15) is 0 Å². The third-order valence-electron chi connectivity index (χ3n) is 2.43. The second-order valence-electron chi connectivity index (χ2n) is 4.25. The van der Waals surface area contributed by atoms with Gasteiger partial charge in [-0.15, -0.1) is 6.58 Å². The van der Waals surface area contributed by atoms with Gasteiger partial charge >= 0.3 is 0 Å². The Morgan fingerprint density at radius 3 is 2.60 bits per heavy atom. The highest BCUT2D eigenvalue weighted by molar-refractivity contribution is 5.15. The fourth-order valence-electron chi connectivity index (χ4n) is 1.57. The first-order chi connectivity index (χ1) is 7.18. The molecule has 1 aromatic rings. The second-order valence-corrected chi connectivity index (χ2v) is 4.25. The van der Waals surface area contributed by atoms with Gasteiger partial charge in [0.05, 0.1) is 0 Å². The summed E-state index contributed by atoms with van der Waals surface area (Å²) >= 11 is 0. The van der Waals surface area contributed by atoms with Gasteiger partial charge in [0, 0.05) is 6.04 Å². The minimum Gasteiger partial charge on any atom is -0.314 e. The van der Waals surface area contributed by atoms with Gasteiger partial charge < -0.3 is 5.32 Å². The van der Waals surface area contributed by atoms with Gasteiger partial charge in [-0.25, -0.2) is 0 Å². The molecule has 0 spiro atoms. The molecule has 1 nitrogen and oxygen atoms in total. The maximum atomic E-state index is 3.90. The summed E-state index contributed by atoms with van der Waals surface area (Å²) in [6.07, 6.45) is 2.16. The summed E-state index contributed by atoms with van der Waals surface area (Å²) in [5.41, 5.74) is 2.64. The van der Waals surface area contributed by atoms with Crippen LogP contribution in [0.2, 0.25) is 0 Å². The van der Waals surface area contributed by atoms with Crippen LogP contribution in [-0.4, -0.2) is 12.6 Å². The maximum Gasteiger partial charge on any atom is 0.00792 e. The Balaban J connectivity index is 2.24. The van der Waals surface area contributed by atoms with E-state index in [0.29, 0.717) is 6.04 Å². The van der Waals surface area contributed by atoms with Crippen LogP contribution in [0, 0.1) is 0 Å². The third-order valence-corrected chi connectivity index (χ3v) is 2.43. The first-order valence-electron chi connectivity index (χ1n) is 5.60. The maximum absolute atomic E-state index is 3.90. The fraction of sp³-hybridized carbons (Fsp3) is 0.429. The van der Waals surface area contributed by atoms with E-state index < -0.39 is 0 Å². The molecule has 1 N–H and O–H groups in total. The molecule has 0 saturated carbocycles. The van der Waals surface area contributed by atoms with Gasteiger partial charge in [0.15, 0.2) is 0 Å². The van der Waals surface area contributed by atoms with E-state index in [2.05, 4.69) is 56.1 Å². The molecule has 0 radical (unpaired) electrons. The summed E-state index contributed by atoms with van der Waals surface area (Å²) in [7, 11) is 0. The normalized spacial score (nSPS) is 12.4. The monoisotopic (exact) mass is 203 g/mol. The summed E-state index contributed by atoms with van der Waals surface area (Å²) in [5.74, 6) is 0. The predicted molar refractivity (Wildman–Crippen MR) is 67.0 cm³/mol. The van der Waals surface area contributed by atoms with Crippen molar-refractivity contribution in [2.75, 3.05) is 6.54 Å². The van der Waals surface area contributed by atoms with Crippen molar-refractivity contribution >= 4 is 0 Å². The first-order valence-corrected chi connectivity index (χ1v) is 5.60. The fourth-order valence-corrected chi connectivity index (χ4v) is 1.57. The van der Waals surface area contributed by atoms with E-state index in [9.17, 15) is 0 Å². The molecule has 15 heavy (non-hydrogen) atoms. The van der Waals surface area contributed by atoms with Crippen molar-refractivity contribution in [3.8, 4) is 0 Å². The number of hydrogen-bond donors (Lipinski definition) is 1. The van der Waals surface area contributed by atoms with Crippen molar-refractivity contribution < 1.29 is 0 Å². The molecular formula is C14H21N.